The van der Waals surface area contributed by atoms with Crippen LogP contribution in [-0.2, 0) is 0 Å². The lowest BCUT2D eigenvalue weighted by Crippen LogP contribution is -2.13. The summed E-state index contributed by atoms with van der Waals surface area (Å²) >= 11 is 0. The molecule has 6 nitrogen and oxygen atoms in total. The van der Waals surface area contributed by atoms with Crippen LogP contribution in [0.15, 0.2) is 66.7 Å². The molecule has 1 amide bonds. The van der Waals surface area contributed by atoms with Crippen molar-refractivity contribution in [3.05, 3.63) is 77.9 Å². The fourth-order valence-electron chi connectivity index (χ4n) is 2.98. The number of hydrogen-bond donors (Lipinski definition) is 1. The highest BCUT2D eigenvalue weighted by atomic mass is 16.5. The van der Waals surface area contributed by atoms with Gasteiger partial charge in [0, 0.05) is 11.3 Å². The van der Waals surface area contributed by atoms with Gasteiger partial charge >= 0.3 is 0 Å². The number of hydrogen-bond acceptors (Lipinski definition) is 4. The molecule has 4 aromatic rings. The molecule has 0 aliphatic heterocycles. The molecule has 0 bridgehead atoms. The second-order valence-corrected chi connectivity index (χ2v) is 6.39. The van der Waals surface area contributed by atoms with E-state index in [1.807, 2.05) is 80.6 Å². The molecule has 28 heavy (non-hydrogen) atoms. The van der Waals surface area contributed by atoms with Gasteiger partial charge in [-0.05, 0) is 67.9 Å². The van der Waals surface area contributed by atoms with Crippen molar-refractivity contribution in [2.75, 3.05) is 11.9 Å². The smallest absolute Gasteiger partial charge is 0.255 e. The predicted octanol–water partition coefficient (Wildman–Crippen LogP) is 4.38. The van der Waals surface area contributed by atoms with E-state index >= 15 is 0 Å². The van der Waals surface area contributed by atoms with Crippen molar-refractivity contribution >= 4 is 22.6 Å². The highest BCUT2D eigenvalue weighted by Crippen LogP contribution is 2.20. The Bertz CT molecular complexity index is 1130. The molecule has 0 saturated heterocycles. The van der Waals surface area contributed by atoms with Crippen molar-refractivity contribution in [1.82, 2.24) is 15.0 Å². The Morgan fingerprint density at radius 2 is 1.75 bits per heavy atom. The highest BCUT2D eigenvalue weighted by molar-refractivity contribution is 6.05. The molecule has 1 heterocycles. The van der Waals surface area contributed by atoms with E-state index in [0.29, 0.717) is 23.4 Å². The fraction of sp³-hybridized carbons (Fsp3) is 0.136. The van der Waals surface area contributed by atoms with Gasteiger partial charge in [0.25, 0.3) is 5.91 Å². The number of fused-ring (bicyclic) bond motifs is 1. The molecule has 1 aromatic heterocycles. The third kappa shape index (κ3) is 3.57. The lowest BCUT2D eigenvalue weighted by molar-refractivity contribution is 0.102. The molecular weight excluding hydrogens is 352 g/mol. The minimum absolute atomic E-state index is 0.142. The largest absolute Gasteiger partial charge is 0.494 e. The van der Waals surface area contributed by atoms with Crippen LogP contribution in [0.2, 0.25) is 0 Å². The number of nitrogens with one attached hydrogen (secondary N) is 1. The number of rotatable bonds is 5. The molecular formula is C22H20N4O2. The number of aromatic nitrogens is 3. The zero-order valence-electron chi connectivity index (χ0n) is 15.7. The molecule has 3 aromatic carbocycles. The zero-order valence-corrected chi connectivity index (χ0v) is 15.7. The third-order valence-electron chi connectivity index (χ3n) is 4.41. The number of aryl methyl sites for hydroxylation is 1. The number of nitrogens with zero attached hydrogens (tertiary/aromatic N) is 3. The normalized spacial score (nSPS) is 10.8. The molecule has 0 spiro atoms. The second kappa shape index (κ2) is 7.52. The Morgan fingerprint density at radius 1 is 1.00 bits per heavy atom. The van der Waals surface area contributed by atoms with Crippen LogP contribution < -0.4 is 10.1 Å². The van der Waals surface area contributed by atoms with Crippen LogP contribution in [0.5, 0.6) is 5.75 Å². The van der Waals surface area contributed by atoms with E-state index in [1.54, 1.807) is 4.80 Å². The fourth-order valence-corrected chi connectivity index (χ4v) is 2.98. The second-order valence-electron chi connectivity index (χ2n) is 6.39. The summed E-state index contributed by atoms with van der Waals surface area (Å²) in [7, 11) is 0. The van der Waals surface area contributed by atoms with E-state index in [-0.39, 0.29) is 5.91 Å². The third-order valence-corrected chi connectivity index (χ3v) is 4.41. The van der Waals surface area contributed by atoms with E-state index in [1.165, 1.54) is 0 Å². The molecule has 0 unspecified atom stereocenters. The van der Waals surface area contributed by atoms with Crippen LogP contribution in [0.25, 0.3) is 16.7 Å². The monoisotopic (exact) mass is 372 g/mol. The molecule has 0 saturated carbocycles. The molecule has 6 heteroatoms. The summed E-state index contributed by atoms with van der Waals surface area (Å²) in [6, 6.07) is 20.6. The Kier molecular flexibility index (Phi) is 4.76. The molecule has 140 valence electrons. The van der Waals surface area contributed by atoms with Crippen LogP contribution in [0.4, 0.5) is 5.69 Å². The minimum atomic E-state index is -0.142. The first-order chi connectivity index (χ1) is 13.6. The van der Waals surface area contributed by atoms with Crippen LogP contribution in [-0.4, -0.2) is 27.5 Å². The number of amides is 1. The SMILES string of the molecule is CCOc1ccc(-n2nc3ccc(NC(=O)c4ccccc4C)cc3n2)cc1. The molecule has 4 rings (SSSR count). The van der Waals surface area contributed by atoms with Crippen molar-refractivity contribution in [2.45, 2.75) is 13.8 Å². The van der Waals surface area contributed by atoms with Gasteiger partial charge < -0.3 is 10.1 Å². The van der Waals surface area contributed by atoms with Crippen molar-refractivity contribution < 1.29 is 9.53 Å². The first-order valence-electron chi connectivity index (χ1n) is 9.11. The Balaban J connectivity index is 1.58. The first-order valence-corrected chi connectivity index (χ1v) is 9.11. The van der Waals surface area contributed by atoms with E-state index < -0.39 is 0 Å². The quantitative estimate of drug-likeness (QED) is 0.564. The van der Waals surface area contributed by atoms with Crippen molar-refractivity contribution in [3.8, 4) is 11.4 Å². The zero-order chi connectivity index (χ0) is 19.5. The molecule has 1 N–H and O–H groups in total. The van der Waals surface area contributed by atoms with Crippen molar-refractivity contribution in [1.29, 1.82) is 0 Å². The van der Waals surface area contributed by atoms with Gasteiger partial charge in [0.2, 0.25) is 0 Å². The van der Waals surface area contributed by atoms with E-state index in [4.69, 9.17) is 4.74 Å². The summed E-state index contributed by atoms with van der Waals surface area (Å²) in [6.45, 7) is 4.49. The summed E-state index contributed by atoms with van der Waals surface area (Å²) in [4.78, 5) is 14.1. The summed E-state index contributed by atoms with van der Waals surface area (Å²) in [5.41, 5.74) is 4.56. The standard InChI is InChI=1S/C22H20N4O2/c1-3-28-18-11-9-17(10-12-18)26-24-20-13-8-16(14-21(20)25-26)23-22(27)19-7-5-4-6-15(19)2/h4-14H,3H2,1-2H3,(H,23,27). The predicted molar refractivity (Wildman–Crippen MR) is 109 cm³/mol. The van der Waals surface area contributed by atoms with Gasteiger partial charge in [0.15, 0.2) is 0 Å². The van der Waals surface area contributed by atoms with Gasteiger partial charge in [-0.15, -0.1) is 10.2 Å². The Hall–Kier alpha value is -3.67. The lowest BCUT2D eigenvalue weighted by Gasteiger charge is -2.07. The van der Waals surface area contributed by atoms with Crippen LogP contribution in [0, 0.1) is 6.92 Å². The average Bonchev–Trinajstić information content (AvgIpc) is 3.12. The van der Waals surface area contributed by atoms with Crippen LogP contribution in [0.3, 0.4) is 0 Å². The van der Waals surface area contributed by atoms with Gasteiger partial charge in [-0.2, -0.15) is 4.80 Å². The van der Waals surface area contributed by atoms with Crippen molar-refractivity contribution in [2.24, 2.45) is 0 Å². The van der Waals surface area contributed by atoms with Crippen molar-refractivity contribution in [3.63, 3.8) is 0 Å². The number of ether oxygens (including phenoxy) is 1. The molecule has 0 fully saturated rings. The Morgan fingerprint density at radius 3 is 2.50 bits per heavy atom. The maximum Gasteiger partial charge on any atom is 0.255 e. The minimum Gasteiger partial charge on any atom is -0.494 e. The highest BCUT2D eigenvalue weighted by Gasteiger charge is 2.11. The van der Waals surface area contributed by atoms with E-state index in [2.05, 4.69) is 15.5 Å². The van der Waals surface area contributed by atoms with Crippen LogP contribution in [0.1, 0.15) is 22.8 Å². The number of carbonyl (C=O) groups excluding carboxylic acids is 1. The summed E-state index contributed by atoms with van der Waals surface area (Å²) < 4.78 is 5.46. The number of benzene rings is 3. The van der Waals surface area contributed by atoms with Gasteiger partial charge in [-0.1, -0.05) is 18.2 Å². The lowest BCUT2D eigenvalue weighted by atomic mass is 10.1. The Labute approximate surface area is 162 Å². The van der Waals surface area contributed by atoms with E-state index in [9.17, 15) is 4.79 Å². The molecule has 0 radical (unpaired) electrons. The van der Waals surface area contributed by atoms with Gasteiger partial charge in [0.1, 0.15) is 16.8 Å². The average molecular weight is 372 g/mol. The summed E-state index contributed by atoms with van der Waals surface area (Å²) in [6.07, 6.45) is 0. The topological polar surface area (TPSA) is 69.0 Å². The summed E-state index contributed by atoms with van der Waals surface area (Å²) in [5, 5.41) is 12.0. The molecule has 0 aliphatic rings. The van der Waals surface area contributed by atoms with Crippen LogP contribution >= 0.6 is 0 Å². The maximum atomic E-state index is 12.5. The molecule has 0 aliphatic carbocycles. The number of anilines is 1. The van der Waals surface area contributed by atoms with E-state index in [0.717, 1.165) is 22.5 Å². The number of carbonyl (C=O) groups is 1. The van der Waals surface area contributed by atoms with Gasteiger partial charge in [0.05, 0.1) is 12.3 Å². The summed E-state index contributed by atoms with van der Waals surface area (Å²) in [5.74, 6) is 0.667. The molecule has 0 atom stereocenters. The first kappa shape index (κ1) is 17.7. The maximum absolute atomic E-state index is 12.5. The van der Waals surface area contributed by atoms with Gasteiger partial charge in [-0.3, -0.25) is 4.79 Å². The van der Waals surface area contributed by atoms with Gasteiger partial charge in [-0.25, -0.2) is 0 Å².